The van der Waals surface area contributed by atoms with Gasteiger partial charge >= 0.3 is 0 Å². The Morgan fingerprint density at radius 1 is 1.35 bits per heavy atom. The molecule has 2 rings (SSSR count). The van der Waals surface area contributed by atoms with Crippen LogP contribution in [0.25, 0.3) is 11.0 Å². The molecular formula is C14H19NO2. The second-order valence-electron chi connectivity index (χ2n) is 4.32. The fourth-order valence-corrected chi connectivity index (χ4v) is 1.92. The summed E-state index contributed by atoms with van der Waals surface area (Å²) in [7, 11) is 0. The zero-order chi connectivity index (χ0) is 12.1. The van der Waals surface area contributed by atoms with Crippen molar-refractivity contribution in [2.75, 3.05) is 6.54 Å². The molecule has 3 nitrogen and oxygen atoms in total. The van der Waals surface area contributed by atoms with E-state index in [0.717, 1.165) is 29.6 Å². The minimum absolute atomic E-state index is 0.260. The SMILES string of the molecule is CCCC(O)CNCc1cc2ccccc2o1. The number of para-hydroxylation sites is 1. The monoisotopic (exact) mass is 233 g/mol. The molecule has 0 aliphatic carbocycles. The number of aliphatic hydroxyl groups excluding tert-OH is 1. The second kappa shape index (κ2) is 5.84. The van der Waals surface area contributed by atoms with Gasteiger partial charge < -0.3 is 14.8 Å². The van der Waals surface area contributed by atoms with E-state index in [1.54, 1.807) is 0 Å². The highest BCUT2D eigenvalue weighted by molar-refractivity contribution is 5.77. The number of fused-ring (bicyclic) bond motifs is 1. The Morgan fingerprint density at radius 3 is 2.94 bits per heavy atom. The van der Waals surface area contributed by atoms with Crippen LogP contribution >= 0.6 is 0 Å². The third-order valence-corrected chi connectivity index (χ3v) is 2.78. The number of hydrogen-bond donors (Lipinski definition) is 2. The van der Waals surface area contributed by atoms with Crippen molar-refractivity contribution in [2.45, 2.75) is 32.4 Å². The summed E-state index contributed by atoms with van der Waals surface area (Å²) in [5.74, 6) is 0.912. The van der Waals surface area contributed by atoms with Crippen LogP contribution in [0.3, 0.4) is 0 Å². The molecule has 0 saturated carbocycles. The predicted molar refractivity (Wildman–Crippen MR) is 68.8 cm³/mol. The summed E-state index contributed by atoms with van der Waals surface area (Å²) in [6, 6.07) is 10.0. The van der Waals surface area contributed by atoms with Crippen LogP contribution in [0.5, 0.6) is 0 Å². The van der Waals surface area contributed by atoms with Gasteiger partial charge in [0.05, 0.1) is 12.6 Å². The fraction of sp³-hybridized carbons (Fsp3) is 0.429. The van der Waals surface area contributed by atoms with Crippen molar-refractivity contribution in [1.29, 1.82) is 0 Å². The highest BCUT2D eigenvalue weighted by Crippen LogP contribution is 2.18. The molecule has 2 aromatic rings. The average Bonchev–Trinajstić information content (AvgIpc) is 2.71. The number of hydrogen-bond acceptors (Lipinski definition) is 3. The van der Waals surface area contributed by atoms with Crippen molar-refractivity contribution in [2.24, 2.45) is 0 Å². The summed E-state index contributed by atoms with van der Waals surface area (Å²) in [5.41, 5.74) is 0.915. The number of aliphatic hydroxyl groups is 1. The van der Waals surface area contributed by atoms with Crippen molar-refractivity contribution < 1.29 is 9.52 Å². The van der Waals surface area contributed by atoms with Gasteiger partial charge in [-0.1, -0.05) is 31.5 Å². The minimum Gasteiger partial charge on any atom is -0.460 e. The van der Waals surface area contributed by atoms with E-state index in [9.17, 15) is 5.11 Å². The van der Waals surface area contributed by atoms with Gasteiger partial charge in [0.1, 0.15) is 11.3 Å². The molecule has 1 aromatic carbocycles. The fourth-order valence-electron chi connectivity index (χ4n) is 1.92. The van der Waals surface area contributed by atoms with Crippen molar-refractivity contribution in [3.8, 4) is 0 Å². The molecular weight excluding hydrogens is 214 g/mol. The Morgan fingerprint density at radius 2 is 2.18 bits per heavy atom. The lowest BCUT2D eigenvalue weighted by atomic mass is 10.2. The predicted octanol–water partition coefficient (Wildman–Crippen LogP) is 2.68. The highest BCUT2D eigenvalue weighted by Gasteiger charge is 2.04. The Bertz CT molecular complexity index is 431. The Labute approximate surface area is 101 Å². The van der Waals surface area contributed by atoms with Crippen molar-refractivity contribution in [3.05, 3.63) is 36.1 Å². The molecule has 1 heterocycles. The van der Waals surface area contributed by atoms with E-state index < -0.39 is 0 Å². The molecule has 0 spiro atoms. The van der Waals surface area contributed by atoms with Crippen LogP contribution in [0.1, 0.15) is 25.5 Å². The normalized spacial score (nSPS) is 13.1. The number of nitrogens with one attached hydrogen (secondary N) is 1. The van der Waals surface area contributed by atoms with Crippen LogP contribution in [0.15, 0.2) is 34.7 Å². The van der Waals surface area contributed by atoms with Gasteiger partial charge in [-0.3, -0.25) is 0 Å². The van der Waals surface area contributed by atoms with E-state index in [4.69, 9.17) is 4.42 Å². The number of furan rings is 1. The molecule has 2 N–H and O–H groups in total. The van der Waals surface area contributed by atoms with Crippen LogP contribution < -0.4 is 5.32 Å². The molecule has 3 heteroatoms. The summed E-state index contributed by atoms with van der Waals surface area (Å²) >= 11 is 0. The Balaban J connectivity index is 1.86. The largest absolute Gasteiger partial charge is 0.460 e. The van der Waals surface area contributed by atoms with Crippen molar-refractivity contribution >= 4 is 11.0 Å². The van der Waals surface area contributed by atoms with E-state index in [0.29, 0.717) is 13.1 Å². The van der Waals surface area contributed by atoms with E-state index in [1.807, 2.05) is 30.3 Å². The first kappa shape index (κ1) is 12.1. The molecule has 0 radical (unpaired) electrons. The summed E-state index contributed by atoms with van der Waals surface area (Å²) in [6.45, 7) is 3.35. The molecule has 0 amide bonds. The molecule has 1 unspecified atom stereocenters. The zero-order valence-electron chi connectivity index (χ0n) is 10.1. The number of benzene rings is 1. The summed E-state index contributed by atoms with van der Waals surface area (Å²) in [4.78, 5) is 0. The third kappa shape index (κ3) is 3.32. The first-order valence-corrected chi connectivity index (χ1v) is 6.16. The lowest BCUT2D eigenvalue weighted by Crippen LogP contribution is -2.25. The van der Waals surface area contributed by atoms with Gasteiger partial charge in [-0.25, -0.2) is 0 Å². The zero-order valence-corrected chi connectivity index (χ0v) is 10.1. The summed E-state index contributed by atoms with van der Waals surface area (Å²) in [5, 5.41) is 13.9. The van der Waals surface area contributed by atoms with Gasteiger partial charge in [-0.2, -0.15) is 0 Å². The quantitative estimate of drug-likeness (QED) is 0.806. The van der Waals surface area contributed by atoms with E-state index in [2.05, 4.69) is 12.2 Å². The van der Waals surface area contributed by atoms with Gasteiger partial charge in [-0.15, -0.1) is 0 Å². The molecule has 0 aliphatic heterocycles. The molecule has 0 saturated heterocycles. The lowest BCUT2D eigenvalue weighted by Gasteiger charge is -2.09. The van der Waals surface area contributed by atoms with Gasteiger partial charge in [0, 0.05) is 11.9 Å². The lowest BCUT2D eigenvalue weighted by molar-refractivity contribution is 0.159. The first-order valence-electron chi connectivity index (χ1n) is 6.16. The maximum atomic E-state index is 9.57. The molecule has 1 atom stereocenters. The molecule has 1 aromatic heterocycles. The smallest absolute Gasteiger partial charge is 0.134 e. The van der Waals surface area contributed by atoms with Gasteiger partial charge in [0.15, 0.2) is 0 Å². The maximum Gasteiger partial charge on any atom is 0.134 e. The summed E-state index contributed by atoms with van der Waals surface area (Å²) in [6.07, 6.45) is 1.59. The summed E-state index contributed by atoms with van der Waals surface area (Å²) < 4.78 is 5.67. The van der Waals surface area contributed by atoms with E-state index in [-0.39, 0.29) is 6.10 Å². The van der Waals surface area contributed by atoms with Crippen LogP contribution in [-0.4, -0.2) is 17.8 Å². The average molecular weight is 233 g/mol. The Kier molecular flexibility index (Phi) is 4.18. The first-order chi connectivity index (χ1) is 8.29. The Hall–Kier alpha value is -1.32. The molecule has 17 heavy (non-hydrogen) atoms. The van der Waals surface area contributed by atoms with Crippen LogP contribution in [0, 0.1) is 0 Å². The van der Waals surface area contributed by atoms with Crippen LogP contribution in [0.4, 0.5) is 0 Å². The van der Waals surface area contributed by atoms with Crippen molar-refractivity contribution in [3.63, 3.8) is 0 Å². The molecule has 0 bridgehead atoms. The van der Waals surface area contributed by atoms with E-state index >= 15 is 0 Å². The number of rotatable bonds is 6. The topological polar surface area (TPSA) is 45.4 Å². The molecule has 92 valence electrons. The standard InChI is InChI=1S/C14H19NO2/c1-2-5-12(16)9-15-10-13-8-11-6-3-4-7-14(11)17-13/h3-4,6-8,12,15-16H,2,5,9-10H2,1H3. The van der Waals surface area contributed by atoms with Gasteiger partial charge in [0.2, 0.25) is 0 Å². The van der Waals surface area contributed by atoms with Gasteiger partial charge in [-0.05, 0) is 18.6 Å². The van der Waals surface area contributed by atoms with Gasteiger partial charge in [0.25, 0.3) is 0 Å². The highest BCUT2D eigenvalue weighted by atomic mass is 16.3. The molecule has 0 aliphatic rings. The maximum absolute atomic E-state index is 9.57. The second-order valence-corrected chi connectivity index (χ2v) is 4.32. The minimum atomic E-state index is -0.260. The molecule has 0 fully saturated rings. The van der Waals surface area contributed by atoms with Crippen molar-refractivity contribution in [1.82, 2.24) is 5.32 Å². The van der Waals surface area contributed by atoms with Crippen LogP contribution in [0.2, 0.25) is 0 Å². The van der Waals surface area contributed by atoms with E-state index in [1.165, 1.54) is 0 Å². The van der Waals surface area contributed by atoms with Crippen LogP contribution in [-0.2, 0) is 6.54 Å². The third-order valence-electron chi connectivity index (χ3n) is 2.78.